The first-order valence-corrected chi connectivity index (χ1v) is 20.5. The van der Waals surface area contributed by atoms with Crippen LogP contribution in [-0.2, 0) is 16.2 Å². The zero-order valence-electron chi connectivity index (χ0n) is 35.6. The highest BCUT2D eigenvalue weighted by atomic mass is 16.5. The predicted molar refractivity (Wildman–Crippen MR) is 206 cm³/mol. The average Bonchev–Trinajstić information content (AvgIpc) is 3.01. The van der Waals surface area contributed by atoms with E-state index in [2.05, 4.69) is 104 Å². The summed E-state index contributed by atoms with van der Waals surface area (Å²) < 4.78 is 0. The molecule has 51 heavy (non-hydrogen) atoms. The van der Waals surface area contributed by atoms with Crippen molar-refractivity contribution in [1.82, 2.24) is 30.1 Å². The second kappa shape index (κ2) is 14.1. The van der Waals surface area contributed by atoms with Gasteiger partial charge < -0.3 is 15.6 Å². The quantitative estimate of drug-likeness (QED) is 0.195. The molecule has 4 heterocycles. The predicted octanol–water partition coefficient (Wildman–Crippen LogP) is 10.3. The lowest BCUT2D eigenvalue weighted by Crippen LogP contribution is -2.65. The lowest BCUT2D eigenvalue weighted by molar-refractivity contribution is -0.258. The average molecular weight is 715 g/mol. The van der Waals surface area contributed by atoms with Gasteiger partial charge in [0.25, 0.3) is 0 Å². The van der Waals surface area contributed by atoms with E-state index in [-0.39, 0.29) is 16.2 Å². The van der Waals surface area contributed by atoms with Gasteiger partial charge in [0.1, 0.15) is 17.5 Å². The molecule has 0 amide bonds. The Morgan fingerprint density at radius 3 is 0.725 bits per heavy atom. The third-order valence-corrected chi connectivity index (χ3v) is 13.2. The maximum Gasteiger partial charge on any atom is 0.138 e. The molecule has 3 aliphatic rings. The second-order valence-electron chi connectivity index (χ2n) is 21.3. The van der Waals surface area contributed by atoms with Gasteiger partial charge in [-0.1, -0.05) is 59.3 Å². The van der Waals surface area contributed by atoms with E-state index < -0.39 is 33.2 Å². The van der Waals surface area contributed by atoms with Crippen LogP contribution >= 0.6 is 0 Å². The van der Waals surface area contributed by atoms with Crippen molar-refractivity contribution in [3.05, 3.63) is 17.5 Å². The van der Waals surface area contributed by atoms with Gasteiger partial charge in [0, 0.05) is 49.5 Å². The summed E-state index contributed by atoms with van der Waals surface area (Å²) in [4.78, 5) is 17.3. The van der Waals surface area contributed by atoms with Crippen LogP contribution in [0.3, 0.4) is 0 Å². The van der Waals surface area contributed by atoms with E-state index in [0.717, 1.165) is 114 Å². The first kappa shape index (κ1) is 42.5. The molecule has 9 nitrogen and oxygen atoms in total. The number of hydroxylamine groups is 6. The van der Waals surface area contributed by atoms with Gasteiger partial charge in [0.2, 0.25) is 0 Å². The van der Waals surface area contributed by atoms with Gasteiger partial charge in [-0.2, -0.15) is 15.2 Å². The molecule has 0 aromatic carbocycles. The van der Waals surface area contributed by atoms with Crippen molar-refractivity contribution >= 4 is 0 Å². The van der Waals surface area contributed by atoms with E-state index >= 15 is 0 Å². The normalized spacial score (nSPS) is 27.6. The highest BCUT2D eigenvalue weighted by Gasteiger charge is 2.59. The van der Waals surface area contributed by atoms with Crippen LogP contribution in [0, 0.1) is 0 Å². The largest absolute Gasteiger partial charge is 0.313 e. The fourth-order valence-corrected chi connectivity index (χ4v) is 12.0. The number of aromatic nitrogens is 3. The molecule has 0 aliphatic carbocycles. The molecule has 3 N–H and O–H groups in total. The summed E-state index contributed by atoms with van der Waals surface area (Å²) in [6.45, 7) is 32.7. The summed E-state index contributed by atoms with van der Waals surface area (Å²) >= 11 is 0. The zero-order chi connectivity index (χ0) is 38.7. The van der Waals surface area contributed by atoms with E-state index in [1.807, 2.05) is 0 Å². The molecule has 0 saturated carbocycles. The van der Waals surface area contributed by atoms with Crippen molar-refractivity contribution in [3.8, 4) is 0 Å². The van der Waals surface area contributed by atoms with Crippen molar-refractivity contribution in [1.29, 1.82) is 0 Å². The molecule has 0 spiro atoms. The van der Waals surface area contributed by atoms with E-state index in [0.29, 0.717) is 0 Å². The molecule has 1 aromatic rings. The van der Waals surface area contributed by atoms with E-state index in [4.69, 9.17) is 15.0 Å². The van der Waals surface area contributed by atoms with Crippen LogP contribution in [-0.4, -0.2) is 79.0 Å². The molecule has 4 rings (SSSR count). The van der Waals surface area contributed by atoms with Crippen molar-refractivity contribution in [2.24, 2.45) is 0 Å². The fourth-order valence-electron chi connectivity index (χ4n) is 12.0. The third kappa shape index (κ3) is 7.96. The molecule has 3 aliphatic heterocycles. The maximum atomic E-state index is 11.6. The molecule has 9 heteroatoms. The molecule has 0 bridgehead atoms. The van der Waals surface area contributed by atoms with Crippen LogP contribution in [0.25, 0.3) is 0 Å². The minimum absolute atomic E-state index is 0.363. The van der Waals surface area contributed by atoms with Crippen LogP contribution in [0.15, 0.2) is 0 Å². The zero-order valence-corrected chi connectivity index (χ0v) is 35.6. The summed E-state index contributed by atoms with van der Waals surface area (Å²) in [7, 11) is 0. The van der Waals surface area contributed by atoms with Gasteiger partial charge in [0.15, 0.2) is 0 Å². The smallest absolute Gasteiger partial charge is 0.138 e. The fraction of sp³-hybridized carbons (Fsp3) is 0.929. The summed E-state index contributed by atoms with van der Waals surface area (Å²) in [5.74, 6) is 2.67. The maximum absolute atomic E-state index is 11.6. The van der Waals surface area contributed by atoms with Gasteiger partial charge >= 0.3 is 0 Å². The summed E-state index contributed by atoms with van der Waals surface area (Å²) in [6.07, 6.45) is 13.7. The number of piperidine rings is 3. The van der Waals surface area contributed by atoms with Crippen molar-refractivity contribution in [2.75, 3.05) is 0 Å². The van der Waals surface area contributed by atoms with Gasteiger partial charge in [-0.05, 0) is 141 Å². The Morgan fingerprint density at radius 1 is 0.392 bits per heavy atom. The van der Waals surface area contributed by atoms with Crippen molar-refractivity contribution in [2.45, 2.75) is 250 Å². The monoisotopic (exact) mass is 715 g/mol. The first-order chi connectivity index (χ1) is 23.2. The van der Waals surface area contributed by atoms with Crippen LogP contribution < -0.4 is 0 Å². The standard InChI is InChI=1S/C42H78N6O3/c1-16-19-22-40(25-34(4,5)46(49)35(6,7)26-40)31-43-32(41(23-20-17-2)27-36(8,9)47(50)37(10,11)28-41)45-33(44-31)42(24-21-18-3)29-38(12,13)48(51)39(14,15)30-42/h49-51H,16-30H2,1-15H3. The Labute approximate surface area is 312 Å². The molecule has 0 unspecified atom stereocenters. The number of unbranched alkanes of at least 4 members (excludes halogenated alkanes) is 3. The van der Waals surface area contributed by atoms with Crippen molar-refractivity contribution in [3.63, 3.8) is 0 Å². The van der Waals surface area contributed by atoms with Crippen LogP contribution in [0.4, 0.5) is 0 Å². The SMILES string of the molecule is CCCCC1(c2nc(C3(CCCC)CC(C)(C)N(O)C(C)(C)C3)nc(C3(CCCC)CC(C)(C)N(O)C(C)(C)C3)n2)CC(C)(C)N(O)C(C)(C)C1. The van der Waals surface area contributed by atoms with E-state index in [9.17, 15) is 15.6 Å². The Hall–Kier alpha value is -1.23. The molecular formula is C42H78N6O3. The van der Waals surface area contributed by atoms with Gasteiger partial charge in [0.05, 0.1) is 0 Å². The molecule has 3 saturated heterocycles. The highest BCUT2D eigenvalue weighted by Crippen LogP contribution is 2.56. The Bertz CT molecular complexity index is 1140. The highest BCUT2D eigenvalue weighted by molar-refractivity contribution is 5.27. The number of nitrogens with zero attached hydrogens (tertiary/aromatic N) is 6. The molecule has 294 valence electrons. The number of hydrogen-bond acceptors (Lipinski definition) is 9. The first-order valence-electron chi connectivity index (χ1n) is 20.5. The molecule has 0 radical (unpaired) electrons. The Kier molecular flexibility index (Phi) is 11.8. The van der Waals surface area contributed by atoms with Crippen molar-refractivity contribution < 1.29 is 15.6 Å². The Morgan fingerprint density at radius 2 is 0.569 bits per heavy atom. The number of rotatable bonds is 12. The molecule has 1 aromatic heterocycles. The van der Waals surface area contributed by atoms with E-state index in [1.54, 1.807) is 15.2 Å². The van der Waals surface area contributed by atoms with Crippen LogP contribution in [0.1, 0.15) is 218 Å². The van der Waals surface area contributed by atoms with Gasteiger partial charge in [-0.3, -0.25) is 0 Å². The van der Waals surface area contributed by atoms with Gasteiger partial charge in [-0.15, -0.1) is 0 Å². The summed E-state index contributed by atoms with van der Waals surface area (Å²) in [5.41, 5.74) is -4.00. The van der Waals surface area contributed by atoms with Gasteiger partial charge in [-0.25, -0.2) is 15.0 Å². The Balaban J connectivity index is 2.14. The van der Waals surface area contributed by atoms with Crippen LogP contribution in [0.5, 0.6) is 0 Å². The lowest BCUT2D eigenvalue weighted by atomic mass is 9.60. The number of hydrogen-bond donors (Lipinski definition) is 3. The van der Waals surface area contributed by atoms with Crippen LogP contribution in [0.2, 0.25) is 0 Å². The van der Waals surface area contributed by atoms with E-state index in [1.165, 1.54) is 0 Å². The third-order valence-electron chi connectivity index (χ3n) is 13.2. The molecular weight excluding hydrogens is 637 g/mol. The second-order valence-corrected chi connectivity index (χ2v) is 21.3. The molecule has 0 atom stereocenters. The molecule has 3 fully saturated rings. The summed E-state index contributed by atoms with van der Waals surface area (Å²) in [5, 5.41) is 39.5. The topological polar surface area (TPSA) is 109 Å². The minimum Gasteiger partial charge on any atom is -0.313 e. The lowest BCUT2D eigenvalue weighted by Gasteiger charge is -2.58. The summed E-state index contributed by atoms with van der Waals surface area (Å²) in [6, 6.07) is 0. The minimum atomic E-state index is -0.485.